The Labute approximate surface area is 115 Å². The van der Waals surface area contributed by atoms with Crippen LogP contribution in [0, 0.1) is 19.7 Å². The fourth-order valence-corrected chi connectivity index (χ4v) is 1.78. The number of nitrogens with two attached hydrogens (primary N) is 1. The summed E-state index contributed by atoms with van der Waals surface area (Å²) in [5, 5.41) is 9.12. The van der Waals surface area contributed by atoms with Gasteiger partial charge in [-0.05, 0) is 49.2 Å². The van der Waals surface area contributed by atoms with E-state index in [9.17, 15) is 9.18 Å². The highest BCUT2D eigenvalue weighted by Gasteiger charge is 2.19. The Hall–Kier alpha value is -2.56. The maximum Gasteiger partial charge on any atom is 0.341 e. The van der Waals surface area contributed by atoms with Gasteiger partial charge >= 0.3 is 5.97 Å². The van der Waals surface area contributed by atoms with Crippen molar-refractivity contribution >= 4 is 11.7 Å². The molecule has 0 saturated carbocycles. The standard InChI is InChI=1S/C15H14FNO3/c1-8-3-4-10(7-9(8)2)20-12-6-5-11(16)14(17)13(12)15(18)19/h3-7H,17H2,1-2H3,(H,18,19). The zero-order chi connectivity index (χ0) is 14.9. The van der Waals surface area contributed by atoms with Gasteiger partial charge in [0, 0.05) is 0 Å². The van der Waals surface area contributed by atoms with Crippen molar-refractivity contribution < 1.29 is 19.0 Å². The minimum Gasteiger partial charge on any atom is -0.477 e. The van der Waals surface area contributed by atoms with E-state index in [4.69, 9.17) is 15.6 Å². The lowest BCUT2D eigenvalue weighted by atomic mass is 10.1. The highest BCUT2D eigenvalue weighted by Crippen LogP contribution is 2.31. The maximum absolute atomic E-state index is 13.3. The Morgan fingerprint density at radius 2 is 1.90 bits per heavy atom. The number of hydrogen-bond donors (Lipinski definition) is 2. The van der Waals surface area contributed by atoms with Gasteiger partial charge in [-0.3, -0.25) is 0 Å². The van der Waals surface area contributed by atoms with Crippen molar-refractivity contribution in [3.8, 4) is 11.5 Å². The summed E-state index contributed by atoms with van der Waals surface area (Å²) in [6.07, 6.45) is 0. The lowest BCUT2D eigenvalue weighted by Gasteiger charge is -2.12. The van der Waals surface area contributed by atoms with Gasteiger partial charge in [-0.15, -0.1) is 0 Å². The maximum atomic E-state index is 13.3. The molecule has 2 rings (SSSR count). The van der Waals surface area contributed by atoms with Crippen molar-refractivity contribution in [2.24, 2.45) is 0 Å². The molecule has 0 amide bonds. The number of hydrogen-bond acceptors (Lipinski definition) is 3. The van der Waals surface area contributed by atoms with Gasteiger partial charge in [-0.25, -0.2) is 9.18 Å². The van der Waals surface area contributed by atoms with Crippen molar-refractivity contribution in [3.63, 3.8) is 0 Å². The molecule has 4 nitrogen and oxygen atoms in total. The average Bonchev–Trinajstić information content (AvgIpc) is 2.38. The summed E-state index contributed by atoms with van der Waals surface area (Å²) in [4.78, 5) is 11.2. The second-order valence-electron chi connectivity index (χ2n) is 4.49. The van der Waals surface area contributed by atoms with E-state index in [1.54, 1.807) is 12.1 Å². The van der Waals surface area contributed by atoms with Gasteiger partial charge in [-0.2, -0.15) is 0 Å². The second kappa shape index (κ2) is 5.21. The van der Waals surface area contributed by atoms with Gasteiger partial charge in [0.05, 0.1) is 5.69 Å². The van der Waals surface area contributed by atoms with Crippen LogP contribution in [0.1, 0.15) is 21.5 Å². The number of carbonyl (C=O) groups is 1. The van der Waals surface area contributed by atoms with Gasteiger partial charge in [0.2, 0.25) is 0 Å². The Morgan fingerprint density at radius 3 is 2.50 bits per heavy atom. The van der Waals surface area contributed by atoms with Crippen LogP contribution in [0.25, 0.3) is 0 Å². The third-order valence-corrected chi connectivity index (χ3v) is 3.07. The number of aryl methyl sites for hydroxylation is 2. The molecule has 0 saturated heterocycles. The van der Waals surface area contributed by atoms with Crippen LogP contribution < -0.4 is 10.5 Å². The third kappa shape index (κ3) is 2.56. The minimum atomic E-state index is -1.33. The number of aromatic carboxylic acids is 1. The van der Waals surface area contributed by atoms with Crippen molar-refractivity contribution in [2.75, 3.05) is 5.73 Å². The molecule has 0 spiro atoms. The molecule has 0 unspecified atom stereocenters. The molecular formula is C15H14FNO3. The number of nitrogen functional groups attached to an aromatic ring is 1. The van der Waals surface area contributed by atoms with Gasteiger partial charge < -0.3 is 15.6 Å². The van der Waals surface area contributed by atoms with E-state index in [2.05, 4.69) is 0 Å². The summed E-state index contributed by atoms with van der Waals surface area (Å²) in [5.74, 6) is -1.63. The summed E-state index contributed by atoms with van der Waals surface area (Å²) in [5.41, 5.74) is 6.75. The number of rotatable bonds is 3. The molecule has 0 aliphatic rings. The van der Waals surface area contributed by atoms with E-state index in [-0.39, 0.29) is 11.3 Å². The van der Waals surface area contributed by atoms with E-state index in [0.29, 0.717) is 5.75 Å². The SMILES string of the molecule is Cc1ccc(Oc2ccc(F)c(N)c2C(=O)O)cc1C. The van der Waals surface area contributed by atoms with Crippen molar-refractivity contribution in [1.29, 1.82) is 0 Å². The molecule has 0 aliphatic heterocycles. The lowest BCUT2D eigenvalue weighted by molar-refractivity contribution is 0.0695. The largest absolute Gasteiger partial charge is 0.477 e. The smallest absolute Gasteiger partial charge is 0.341 e. The van der Waals surface area contributed by atoms with E-state index in [1.807, 2.05) is 19.9 Å². The third-order valence-electron chi connectivity index (χ3n) is 3.07. The monoisotopic (exact) mass is 275 g/mol. The molecule has 0 bridgehead atoms. The van der Waals surface area contributed by atoms with Gasteiger partial charge in [-0.1, -0.05) is 6.07 Å². The number of ether oxygens (including phenoxy) is 1. The molecular weight excluding hydrogens is 261 g/mol. The molecule has 5 heteroatoms. The average molecular weight is 275 g/mol. The first-order chi connectivity index (χ1) is 9.40. The van der Waals surface area contributed by atoms with Gasteiger partial charge in [0.15, 0.2) is 0 Å². The highest BCUT2D eigenvalue weighted by molar-refractivity contribution is 5.97. The molecule has 0 aliphatic carbocycles. The first-order valence-corrected chi connectivity index (χ1v) is 5.96. The summed E-state index contributed by atoms with van der Waals surface area (Å²) in [6.45, 7) is 3.87. The molecule has 2 aromatic carbocycles. The van der Waals surface area contributed by atoms with Crippen LogP contribution in [0.5, 0.6) is 11.5 Å². The van der Waals surface area contributed by atoms with Crippen molar-refractivity contribution in [3.05, 3.63) is 52.8 Å². The van der Waals surface area contributed by atoms with Crippen LogP contribution >= 0.6 is 0 Å². The highest BCUT2D eigenvalue weighted by atomic mass is 19.1. The molecule has 0 heterocycles. The van der Waals surface area contributed by atoms with Crippen LogP contribution in [0.15, 0.2) is 30.3 Å². The predicted octanol–water partition coefficient (Wildman–Crippen LogP) is 3.52. The first-order valence-electron chi connectivity index (χ1n) is 5.96. The zero-order valence-corrected chi connectivity index (χ0v) is 11.1. The Kier molecular flexibility index (Phi) is 3.61. The summed E-state index contributed by atoms with van der Waals surface area (Å²) in [7, 11) is 0. The zero-order valence-electron chi connectivity index (χ0n) is 11.1. The molecule has 3 N–H and O–H groups in total. The van der Waals surface area contributed by atoms with E-state index in [0.717, 1.165) is 17.2 Å². The molecule has 0 atom stereocenters. The van der Waals surface area contributed by atoms with Gasteiger partial charge in [0.25, 0.3) is 0 Å². The van der Waals surface area contributed by atoms with Crippen LogP contribution in [0.4, 0.5) is 10.1 Å². The van der Waals surface area contributed by atoms with E-state index in [1.165, 1.54) is 6.07 Å². The molecule has 20 heavy (non-hydrogen) atoms. The molecule has 0 fully saturated rings. The van der Waals surface area contributed by atoms with Crippen LogP contribution in [0.3, 0.4) is 0 Å². The van der Waals surface area contributed by atoms with E-state index < -0.39 is 17.5 Å². The Morgan fingerprint density at radius 1 is 1.20 bits per heavy atom. The van der Waals surface area contributed by atoms with Crippen molar-refractivity contribution in [2.45, 2.75) is 13.8 Å². The molecule has 0 radical (unpaired) electrons. The number of benzene rings is 2. The molecule has 104 valence electrons. The predicted molar refractivity (Wildman–Crippen MR) is 73.8 cm³/mol. The Balaban J connectivity index is 2.45. The van der Waals surface area contributed by atoms with Crippen molar-refractivity contribution in [1.82, 2.24) is 0 Å². The molecule has 2 aromatic rings. The van der Waals surface area contributed by atoms with Gasteiger partial charge in [0.1, 0.15) is 22.9 Å². The fourth-order valence-electron chi connectivity index (χ4n) is 1.78. The summed E-state index contributed by atoms with van der Waals surface area (Å²) >= 11 is 0. The number of carboxylic acids is 1. The van der Waals surface area contributed by atoms with Crippen LogP contribution in [-0.2, 0) is 0 Å². The summed E-state index contributed by atoms with van der Waals surface area (Å²) in [6, 6.07) is 7.69. The quantitative estimate of drug-likeness (QED) is 0.841. The topological polar surface area (TPSA) is 72.5 Å². The second-order valence-corrected chi connectivity index (χ2v) is 4.49. The lowest BCUT2D eigenvalue weighted by Crippen LogP contribution is -2.07. The minimum absolute atomic E-state index is 0.0136. The van der Waals surface area contributed by atoms with Crippen LogP contribution in [0.2, 0.25) is 0 Å². The number of anilines is 1. The number of halogens is 1. The molecule has 0 aromatic heterocycles. The Bertz CT molecular complexity index is 683. The number of carboxylic acid groups (broad SMARTS) is 1. The fraction of sp³-hybridized carbons (Fsp3) is 0.133. The van der Waals surface area contributed by atoms with E-state index >= 15 is 0 Å². The normalized spacial score (nSPS) is 10.3. The van der Waals surface area contributed by atoms with Crippen LogP contribution in [-0.4, -0.2) is 11.1 Å². The summed E-state index contributed by atoms with van der Waals surface area (Å²) < 4.78 is 18.8. The first kappa shape index (κ1) is 13.9.